The van der Waals surface area contributed by atoms with E-state index in [1.54, 1.807) is 0 Å². The van der Waals surface area contributed by atoms with E-state index in [2.05, 4.69) is 4.98 Å². The standard InChI is InChI=1S/C12H12N2O3/c13-9-4-2-1-3-8(9)5-6-10-11(12(15)16)14-7-17-10/h1-4,7H,5-6,13H2,(H,15,16). The van der Waals surface area contributed by atoms with Crippen LogP contribution in [-0.2, 0) is 12.8 Å². The molecule has 1 aromatic carbocycles. The van der Waals surface area contributed by atoms with Crippen molar-refractivity contribution in [3.05, 3.63) is 47.7 Å². The number of aromatic carboxylic acids is 1. The highest BCUT2D eigenvalue weighted by molar-refractivity contribution is 5.86. The van der Waals surface area contributed by atoms with Crippen LogP contribution in [0.2, 0.25) is 0 Å². The van der Waals surface area contributed by atoms with E-state index in [-0.39, 0.29) is 5.69 Å². The van der Waals surface area contributed by atoms with E-state index in [0.717, 1.165) is 12.0 Å². The highest BCUT2D eigenvalue weighted by Gasteiger charge is 2.15. The molecule has 0 aliphatic carbocycles. The molecule has 0 bridgehead atoms. The summed E-state index contributed by atoms with van der Waals surface area (Å²) >= 11 is 0. The second-order valence-electron chi connectivity index (χ2n) is 3.63. The summed E-state index contributed by atoms with van der Waals surface area (Å²) in [6.07, 6.45) is 2.24. The van der Waals surface area contributed by atoms with Gasteiger partial charge >= 0.3 is 5.97 Å². The van der Waals surface area contributed by atoms with Gasteiger partial charge in [-0.2, -0.15) is 0 Å². The molecule has 2 rings (SSSR count). The maximum absolute atomic E-state index is 10.8. The van der Waals surface area contributed by atoms with E-state index in [4.69, 9.17) is 15.3 Å². The minimum absolute atomic E-state index is 0.0282. The molecule has 0 radical (unpaired) electrons. The second kappa shape index (κ2) is 4.69. The molecule has 0 spiro atoms. The lowest BCUT2D eigenvalue weighted by Crippen LogP contribution is -2.03. The summed E-state index contributed by atoms with van der Waals surface area (Å²) in [7, 11) is 0. The Labute approximate surface area is 97.9 Å². The highest BCUT2D eigenvalue weighted by Crippen LogP contribution is 2.15. The Bertz CT molecular complexity index is 534. The third-order valence-electron chi connectivity index (χ3n) is 2.52. The Morgan fingerprint density at radius 3 is 2.82 bits per heavy atom. The first-order valence-corrected chi connectivity index (χ1v) is 5.17. The van der Waals surface area contributed by atoms with Crippen molar-refractivity contribution >= 4 is 11.7 Å². The summed E-state index contributed by atoms with van der Waals surface area (Å²) in [5, 5.41) is 8.86. The first-order valence-electron chi connectivity index (χ1n) is 5.17. The quantitative estimate of drug-likeness (QED) is 0.783. The number of carboxylic acids is 1. The number of oxazole rings is 1. The fourth-order valence-electron chi connectivity index (χ4n) is 1.63. The average Bonchev–Trinajstić information content (AvgIpc) is 2.76. The summed E-state index contributed by atoms with van der Waals surface area (Å²) in [6.45, 7) is 0. The Balaban J connectivity index is 2.10. The van der Waals surface area contributed by atoms with Gasteiger partial charge in [0, 0.05) is 12.1 Å². The molecule has 1 heterocycles. The number of aryl methyl sites for hydroxylation is 2. The van der Waals surface area contributed by atoms with Gasteiger partial charge in [-0.1, -0.05) is 18.2 Å². The predicted octanol–water partition coefficient (Wildman–Crippen LogP) is 1.74. The number of nitrogens with zero attached hydrogens (tertiary/aromatic N) is 1. The Kier molecular flexibility index (Phi) is 3.09. The number of hydrogen-bond acceptors (Lipinski definition) is 4. The van der Waals surface area contributed by atoms with E-state index in [0.29, 0.717) is 24.3 Å². The fourth-order valence-corrected chi connectivity index (χ4v) is 1.63. The molecule has 0 aliphatic heterocycles. The SMILES string of the molecule is Nc1ccccc1CCc1ocnc1C(=O)O. The Hall–Kier alpha value is -2.30. The molecule has 0 aliphatic rings. The molecule has 5 nitrogen and oxygen atoms in total. The van der Waals surface area contributed by atoms with Crippen molar-refractivity contribution in [3.8, 4) is 0 Å². The van der Waals surface area contributed by atoms with Crippen molar-refractivity contribution in [3.63, 3.8) is 0 Å². The minimum Gasteiger partial charge on any atom is -0.476 e. The molecule has 0 saturated carbocycles. The van der Waals surface area contributed by atoms with Crippen LogP contribution >= 0.6 is 0 Å². The van der Waals surface area contributed by atoms with Gasteiger partial charge in [0.05, 0.1) is 0 Å². The molecular weight excluding hydrogens is 220 g/mol. The lowest BCUT2D eigenvalue weighted by Gasteiger charge is -2.03. The summed E-state index contributed by atoms with van der Waals surface area (Å²) in [5.74, 6) is -0.699. The van der Waals surface area contributed by atoms with Crippen LogP contribution in [0, 0.1) is 0 Å². The van der Waals surface area contributed by atoms with Gasteiger partial charge in [0.1, 0.15) is 5.76 Å². The van der Waals surface area contributed by atoms with Crippen molar-refractivity contribution in [1.29, 1.82) is 0 Å². The van der Waals surface area contributed by atoms with Crippen LogP contribution in [0.5, 0.6) is 0 Å². The topological polar surface area (TPSA) is 89.4 Å². The summed E-state index contributed by atoms with van der Waals surface area (Å²) in [4.78, 5) is 14.5. The molecule has 5 heteroatoms. The normalized spacial score (nSPS) is 10.4. The zero-order valence-corrected chi connectivity index (χ0v) is 9.09. The zero-order chi connectivity index (χ0) is 12.3. The van der Waals surface area contributed by atoms with Crippen molar-refractivity contribution in [2.75, 3.05) is 5.73 Å². The fraction of sp³-hybridized carbons (Fsp3) is 0.167. The average molecular weight is 232 g/mol. The summed E-state index contributed by atoms with van der Waals surface area (Å²) < 4.78 is 5.05. The van der Waals surface area contributed by atoms with E-state index in [1.807, 2.05) is 24.3 Å². The van der Waals surface area contributed by atoms with Gasteiger partial charge in [-0.15, -0.1) is 0 Å². The summed E-state index contributed by atoms with van der Waals surface area (Å²) in [6, 6.07) is 7.47. The van der Waals surface area contributed by atoms with Gasteiger partial charge in [0.15, 0.2) is 12.1 Å². The van der Waals surface area contributed by atoms with Crippen LogP contribution in [0.3, 0.4) is 0 Å². The highest BCUT2D eigenvalue weighted by atomic mass is 16.4. The summed E-state index contributed by atoms with van der Waals surface area (Å²) in [5.41, 5.74) is 7.44. The lowest BCUT2D eigenvalue weighted by atomic mass is 10.1. The number of rotatable bonds is 4. The van der Waals surface area contributed by atoms with Crippen molar-refractivity contribution < 1.29 is 14.3 Å². The largest absolute Gasteiger partial charge is 0.476 e. The van der Waals surface area contributed by atoms with Crippen molar-refractivity contribution in [2.45, 2.75) is 12.8 Å². The van der Waals surface area contributed by atoms with Crippen LogP contribution in [0.25, 0.3) is 0 Å². The number of nitrogen functional groups attached to an aromatic ring is 1. The molecule has 0 saturated heterocycles. The first kappa shape index (κ1) is 11.2. The number of aromatic nitrogens is 1. The molecule has 17 heavy (non-hydrogen) atoms. The van der Waals surface area contributed by atoms with Gasteiger partial charge in [-0.25, -0.2) is 9.78 Å². The van der Waals surface area contributed by atoms with Crippen molar-refractivity contribution in [1.82, 2.24) is 4.98 Å². The lowest BCUT2D eigenvalue weighted by molar-refractivity contribution is 0.0689. The van der Waals surface area contributed by atoms with Crippen LogP contribution in [0.4, 0.5) is 5.69 Å². The monoisotopic (exact) mass is 232 g/mol. The molecule has 3 N–H and O–H groups in total. The molecule has 0 unspecified atom stereocenters. The van der Waals surface area contributed by atoms with E-state index in [1.165, 1.54) is 0 Å². The maximum atomic E-state index is 10.8. The molecule has 0 fully saturated rings. The molecule has 0 atom stereocenters. The predicted molar refractivity (Wildman–Crippen MR) is 61.7 cm³/mol. The minimum atomic E-state index is -1.07. The Morgan fingerprint density at radius 1 is 1.35 bits per heavy atom. The van der Waals surface area contributed by atoms with E-state index < -0.39 is 5.97 Å². The molecule has 1 aromatic heterocycles. The number of carbonyl (C=O) groups is 1. The van der Waals surface area contributed by atoms with E-state index in [9.17, 15) is 4.79 Å². The molecule has 2 aromatic rings. The van der Waals surface area contributed by atoms with Gasteiger partial charge < -0.3 is 15.3 Å². The zero-order valence-electron chi connectivity index (χ0n) is 9.09. The number of benzene rings is 1. The third kappa shape index (κ3) is 2.44. The number of carboxylic acid groups (broad SMARTS) is 1. The molecule has 0 amide bonds. The van der Waals surface area contributed by atoms with Crippen LogP contribution < -0.4 is 5.73 Å². The molecular formula is C12H12N2O3. The van der Waals surface area contributed by atoms with Crippen LogP contribution in [0.15, 0.2) is 35.1 Å². The number of nitrogens with two attached hydrogens (primary N) is 1. The smallest absolute Gasteiger partial charge is 0.358 e. The van der Waals surface area contributed by atoms with E-state index >= 15 is 0 Å². The second-order valence-corrected chi connectivity index (χ2v) is 3.63. The molecule has 88 valence electrons. The maximum Gasteiger partial charge on any atom is 0.358 e. The van der Waals surface area contributed by atoms with Gasteiger partial charge in [0.2, 0.25) is 0 Å². The van der Waals surface area contributed by atoms with Gasteiger partial charge in [-0.05, 0) is 18.1 Å². The number of anilines is 1. The van der Waals surface area contributed by atoms with Crippen molar-refractivity contribution in [2.24, 2.45) is 0 Å². The third-order valence-corrected chi connectivity index (χ3v) is 2.52. The number of hydrogen-bond donors (Lipinski definition) is 2. The van der Waals surface area contributed by atoms with Crippen LogP contribution in [-0.4, -0.2) is 16.1 Å². The first-order chi connectivity index (χ1) is 8.18. The van der Waals surface area contributed by atoms with Gasteiger partial charge in [0.25, 0.3) is 0 Å². The Morgan fingerprint density at radius 2 is 2.12 bits per heavy atom. The van der Waals surface area contributed by atoms with Crippen LogP contribution in [0.1, 0.15) is 21.8 Å². The number of para-hydroxylation sites is 1. The van der Waals surface area contributed by atoms with Gasteiger partial charge in [-0.3, -0.25) is 0 Å².